The lowest BCUT2D eigenvalue weighted by Gasteiger charge is -2.39. The SMILES string of the molecule is NC1CCC(C(F)(F)F)N(C(=O)c2cc(Cl)cc3ccccc23)C1. The number of benzene rings is 2. The molecule has 1 saturated heterocycles. The number of amides is 1. The first kappa shape index (κ1) is 17.0. The van der Waals surface area contributed by atoms with Crippen molar-refractivity contribution < 1.29 is 18.0 Å². The normalized spacial score (nSPS) is 22.0. The van der Waals surface area contributed by atoms with Crippen molar-refractivity contribution in [3.05, 3.63) is 47.0 Å². The zero-order valence-corrected chi connectivity index (χ0v) is 13.4. The van der Waals surface area contributed by atoms with Crippen LogP contribution in [0, 0.1) is 0 Å². The minimum Gasteiger partial charge on any atom is -0.326 e. The van der Waals surface area contributed by atoms with Crippen LogP contribution in [0.1, 0.15) is 23.2 Å². The van der Waals surface area contributed by atoms with Gasteiger partial charge in [-0.3, -0.25) is 4.79 Å². The summed E-state index contributed by atoms with van der Waals surface area (Å²) in [5, 5.41) is 1.59. The largest absolute Gasteiger partial charge is 0.408 e. The summed E-state index contributed by atoms with van der Waals surface area (Å²) in [6.45, 7) is -0.121. The molecule has 1 aliphatic heterocycles. The van der Waals surface area contributed by atoms with E-state index in [-0.39, 0.29) is 24.9 Å². The molecule has 1 amide bonds. The van der Waals surface area contributed by atoms with Crippen LogP contribution in [-0.2, 0) is 0 Å². The summed E-state index contributed by atoms with van der Waals surface area (Å²) in [6, 6.07) is 7.79. The molecule has 0 aliphatic carbocycles. The van der Waals surface area contributed by atoms with Gasteiger partial charge in [-0.25, -0.2) is 0 Å². The Labute approximate surface area is 142 Å². The lowest BCUT2D eigenvalue weighted by molar-refractivity contribution is -0.184. The van der Waals surface area contributed by atoms with Gasteiger partial charge in [0, 0.05) is 23.2 Å². The third kappa shape index (κ3) is 3.21. The molecule has 1 fully saturated rings. The Morgan fingerprint density at radius 2 is 1.92 bits per heavy atom. The lowest BCUT2D eigenvalue weighted by Crippen LogP contribution is -2.56. The number of carbonyl (C=O) groups is 1. The van der Waals surface area contributed by atoms with Crippen LogP contribution in [0.2, 0.25) is 5.02 Å². The van der Waals surface area contributed by atoms with Crippen molar-refractivity contribution in [3.8, 4) is 0 Å². The van der Waals surface area contributed by atoms with Crippen molar-refractivity contribution in [2.75, 3.05) is 6.54 Å². The van der Waals surface area contributed by atoms with Crippen LogP contribution in [0.25, 0.3) is 10.8 Å². The zero-order chi connectivity index (χ0) is 17.5. The van der Waals surface area contributed by atoms with Gasteiger partial charge >= 0.3 is 6.18 Å². The van der Waals surface area contributed by atoms with Gasteiger partial charge in [0.15, 0.2) is 0 Å². The summed E-state index contributed by atoms with van der Waals surface area (Å²) in [7, 11) is 0. The van der Waals surface area contributed by atoms with Gasteiger partial charge in [-0.15, -0.1) is 0 Å². The molecule has 0 aromatic heterocycles. The van der Waals surface area contributed by atoms with Crippen molar-refractivity contribution in [2.24, 2.45) is 5.73 Å². The lowest BCUT2D eigenvalue weighted by atomic mass is 9.96. The molecular formula is C17H16ClF3N2O. The highest BCUT2D eigenvalue weighted by molar-refractivity contribution is 6.32. The number of fused-ring (bicyclic) bond motifs is 1. The molecule has 2 aromatic rings. The predicted octanol–water partition coefficient (Wildman–Crippen LogP) is 3.99. The number of carbonyl (C=O) groups excluding carboxylic acids is 1. The molecule has 2 N–H and O–H groups in total. The van der Waals surface area contributed by atoms with Gasteiger partial charge in [-0.2, -0.15) is 13.2 Å². The van der Waals surface area contributed by atoms with E-state index in [2.05, 4.69) is 0 Å². The molecule has 1 aliphatic rings. The Morgan fingerprint density at radius 1 is 1.21 bits per heavy atom. The number of hydrogen-bond acceptors (Lipinski definition) is 2. The van der Waals surface area contributed by atoms with Crippen LogP contribution < -0.4 is 5.73 Å². The molecule has 2 unspecified atom stereocenters. The van der Waals surface area contributed by atoms with Crippen molar-refractivity contribution in [1.29, 1.82) is 0 Å². The third-order valence-electron chi connectivity index (χ3n) is 4.31. The maximum Gasteiger partial charge on any atom is 0.408 e. The Kier molecular flexibility index (Phi) is 4.44. The second-order valence-corrected chi connectivity index (χ2v) is 6.46. The third-order valence-corrected chi connectivity index (χ3v) is 4.53. The van der Waals surface area contributed by atoms with E-state index in [1.54, 1.807) is 30.3 Å². The Morgan fingerprint density at radius 3 is 2.62 bits per heavy atom. The highest BCUT2D eigenvalue weighted by Gasteiger charge is 2.47. The molecule has 0 spiro atoms. The van der Waals surface area contributed by atoms with Crippen LogP contribution in [-0.4, -0.2) is 35.6 Å². The van der Waals surface area contributed by atoms with E-state index < -0.39 is 24.2 Å². The number of hydrogen-bond donors (Lipinski definition) is 1. The Balaban J connectivity index is 2.06. The van der Waals surface area contributed by atoms with E-state index in [0.29, 0.717) is 15.8 Å². The fourth-order valence-corrected chi connectivity index (χ4v) is 3.40. The number of halogens is 4. The van der Waals surface area contributed by atoms with Gasteiger partial charge in [-0.05, 0) is 35.7 Å². The fraction of sp³-hybridized carbons (Fsp3) is 0.353. The van der Waals surface area contributed by atoms with Crippen molar-refractivity contribution in [3.63, 3.8) is 0 Å². The smallest absolute Gasteiger partial charge is 0.326 e. The summed E-state index contributed by atoms with van der Waals surface area (Å²) in [5.41, 5.74) is 5.97. The standard InChI is InChI=1S/C17H16ClF3N2O/c18-11-7-10-3-1-2-4-13(10)14(8-11)16(24)23-9-12(22)5-6-15(23)17(19,20)21/h1-4,7-8,12,15H,5-6,9,22H2. The van der Waals surface area contributed by atoms with Gasteiger partial charge < -0.3 is 10.6 Å². The first-order chi connectivity index (χ1) is 11.3. The molecule has 3 rings (SSSR count). The van der Waals surface area contributed by atoms with Crippen LogP contribution in [0.15, 0.2) is 36.4 Å². The second kappa shape index (κ2) is 6.26. The van der Waals surface area contributed by atoms with Crippen LogP contribution in [0.4, 0.5) is 13.2 Å². The molecule has 128 valence electrons. The predicted molar refractivity (Wildman–Crippen MR) is 87.0 cm³/mol. The highest BCUT2D eigenvalue weighted by Crippen LogP contribution is 2.34. The van der Waals surface area contributed by atoms with E-state index >= 15 is 0 Å². The highest BCUT2D eigenvalue weighted by atomic mass is 35.5. The monoisotopic (exact) mass is 356 g/mol. The van der Waals surface area contributed by atoms with Crippen LogP contribution in [0.3, 0.4) is 0 Å². The molecule has 7 heteroatoms. The molecule has 0 bridgehead atoms. The van der Waals surface area contributed by atoms with Gasteiger partial charge in [0.1, 0.15) is 6.04 Å². The maximum absolute atomic E-state index is 13.3. The van der Waals surface area contributed by atoms with E-state index in [1.807, 2.05) is 0 Å². The number of rotatable bonds is 1. The van der Waals surface area contributed by atoms with Crippen molar-refractivity contribution in [1.82, 2.24) is 4.90 Å². The van der Waals surface area contributed by atoms with E-state index in [4.69, 9.17) is 17.3 Å². The fourth-order valence-electron chi connectivity index (χ4n) is 3.17. The zero-order valence-electron chi connectivity index (χ0n) is 12.7. The Bertz CT molecular complexity index is 778. The molecule has 3 nitrogen and oxygen atoms in total. The topological polar surface area (TPSA) is 46.3 Å². The van der Waals surface area contributed by atoms with Crippen molar-refractivity contribution >= 4 is 28.3 Å². The molecule has 0 radical (unpaired) electrons. The van der Waals surface area contributed by atoms with E-state index in [9.17, 15) is 18.0 Å². The second-order valence-electron chi connectivity index (χ2n) is 6.03. The van der Waals surface area contributed by atoms with E-state index in [0.717, 1.165) is 4.90 Å². The maximum atomic E-state index is 13.3. The number of nitrogens with two attached hydrogens (primary N) is 1. The molecule has 2 aromatic carbocycles. The summed E-state index contributed by atoms with van der Waals surface area (Å²) >= 11 is 6.04. The Hall–Kier alpha value is -1.79. The van der Waals surface area contributed by atoms with Gasteiger partial charge in [0.05, 0.1) is 0 Å². The first-order valence-electron chi connectivity index (χ1n) is 7.59. The quantitative estimate of drug-likeness (QED) is 0.839. The van der Waals surface area contributed by atoms with Gasteiger partial charge in [-0.1, -0.05) is 35.9 Å². The summed E-state index contributed by atoms with van der Waals surface area (Å²) < 4.78 is 40.0. The minimum atomic E-state index is -4.48. The van der Waals surface area contributed by atoms with Gasteiger partial charge in [0.2, 0.25) is 0 Å². The van der Waals surface area contributed by atoms with Crippen molar-refractivity contribution in [2.45, 2.75) is 31.1 Å². The summed E-state index contributed by atoms with van der Waals surface area (Å²) in [4.78, 5) is 13.7. The summed E-state index contributed by atoms with van der Waals surface area (Å²) in [5.74, 6) is -0.689. The minimum absolute atomic E-state index is 0.121. The number of likely N-dealkylation sites (tertiary alicyclic amines) is 1. The average Bonchev–Trinajstić information content (AvgIpc) is 2.52. The number of alkyl halides is 3. The van der Waals surface area contributed by atoms with Crippen LogP contribution in [0.5, 0.6) is 0 Å². The first-order valence-corrected chi connectivity index (χ1v) is 7.96. The van der Waals surface area contributed by atoms with Gasteiger partial charge in [0.25, 0.3) is 5.91 Å². The molecule has 2 atom stereocenters. The molecule has 0 saturated carbocycles. The average molecular weight is 357 g/mol. The molecular weight excluding hydrogens is 341 g/mol. The molecule has 1 heterocycles. The number of piperidine rings is 1. The number of nitrogens with zero attached hydrogens (tertiary/aromatic N) is 1. The molecule has 24 heavy (non-hydrogen) atoms. The van der Waals surface area contributed by atoms with E-state index in [1.165, 1.54) is 6.07 Å². The van der Waals surface area contributed by atoms with Crippen LogP contribution >= 0.6 is 11.6 Å². The summed E-state index contributed by atoms with van der Waals surface area (Å²) in [6.07, 6.45) is -4.43.